The molecule has 228 valence electrons. The van der Waals surface area contributed by atoms with E-state index < -0.39 is 24.2 Å². The molecule has 0 aromatic heterocycles. The minimum atomic E-state index is -0.836. The monoisotopic (exact) mass is 578 g/mol. The molecule has 9 nitrogen and oxygen atoms in total. The molecule has 6 rings (SSSR count). The normalized spacial score (nSPS) is 30.7. The molecule has 4 fully saturated rings. The van der Waals surface area contributed by atoms with E-state index >= 15 is 0 Å². The summed E-state index contributed by atoms with van der Waals surface area (Å²) >= 11 is 0. The topological polar surface area (TPSA) is 114 Å². The standard InChI is InChI=1S/C33H46N4O5/c1-19-26-15-24(33(26,3)4)16-27(19)35-31(40)30-29(20(2)39)28(18-38)42-37(30)17-21-8-7-9-23(14-21)22-10-12-25(13-11-22)34-32(41)36(5)6/h7-14,19-20,24,26-30,38-39H,15-18H2,1-6H3,(H,34,41)(H,35,40)/t19?,20-,24-,26+,27?,28?,29+,30?/m0/s1. The van der Waals surface area contributed by atoms with Crippen molar-refractivity contribution in [3.63, 3.8) is 0 Å². The number of nitrogens with zero attached hydrogens (tertiary/aromatic N) is 2. The lowest BCUT2D eigenvalue weighted by atomic mass is 9.45. The van der Waals surface area contributed by atoms with Crippen LogP contribution < -0.4 is 10.6 Å². The van der Waals surface area contributed by atoms with Gasteiger partial charge in [0.25, 0.3) is 0 Å². The summed E-state index contributed by atoms with van der Waals surface area (Å²) in [6.45, 7) is 8.62. The number of anilines is 1. The van der Waals surface area contributed by atoms with Crippen LogP contribution in [0.3, 0.4) is 0 Å². The van der Waals surface area contributed by atoms with Gasteiger partial charge in [0.2, 0.25) is 5.91 Å². The second kappa shape index (κ2) is 12.0. The van der Waals surface area contributed by atoms with Crippen LogP contribution in [0, 0.1) is 29.1 Å². The number of carbonyl (C=O) groups is 2. The second-order valence-corrected chi connectivity index (χ2v) is 13.3. The van der Waals surface area contributed by atoms with E-state index in [1.165, 1.54) is 11.3 Å². The zero-order chi connectivity index (χ0) is 30.3. The summed E-state index contributed by atoms with van der Waals surface area (Å²) in [7, 11) is 3.39. The van der Waals surface area contributed by atoms with E-state index in [1.807, 2.05) is 48.5 Å². The fourth-order valence-electron chi connectivity index (χ4n) is 7.49. The van der Waals surface area contributed by atoms with Crippen LogP contribution in [0.4, 0.5) is 10.5 Å². The maximum Gasteiger partial charge on any atom is 0.321 e. The van der Waals surface area contributed by atoms with Crippen molar-refractivity contribution in [2.45, 2.75) is 71.4 Å². The smallest absolute Gasteiger partial charge is 0.321 e. The van der Waals surface area contributed by atoms with E-state index in [0.717, 1.165) is 23.1 Å². The Morgan fingerprint density at radius 1 is 1.12 bits per heavy atom. The fourth-order valence-corrected chi connectivity index (χ4v) is 7.49. The van der Waals surface area contributed by atoms with E-state index in [4.69, 9.17) is 4.84 Å². The van der Waals surface area contributed by atoms with Gasteiger partial charge >= 0.3 is 6.03 Å². The van der Waals surface area contributed by atoms with Crippen molar-refractivity contribution in [1.82, 2.24) is 15.3 Å². The van der Waals surface area contributed by atoms with Crippen molar-refractivity contribution in [3.8, 4) is 11.1 Å². The van der Waals surface area contributed by atoms with Crippen LogP contribution in [0.5, 0.6) is 0 Å². The van der Waals surface area contributed by atoms with Crippen LogP contribution in [-0.2, 0) is 16.2 Å². The van der Waals surface area contributed by atoms with E-state index in [9.17, 15) is 19.8 Å². The molecule has 3 aliphatic carbocycles. The quantitative estimate of drug-likeness (QED) is 0.375. The molecule has 4 unspecified atom stereocenters. The number of rotatable bonds is 8. The van der Waals surface area contributed by atoms with Gasteiger partial charge in [-0.25, -0.2) is 4.79 Å². The molecule has 8 atom stereocenters. The van der Waals surface area contributed by atoms with Crippen LogP contribution in [0.2, 0.25) is 0 Å². The highest BCUT2D eigenvalue weighted by molar-refractivity contribution is 5.89. The summed E-state index contributed by atoms with van der Waals surface area (Å²) in [5.74, 6) is 0.866. The summed E-state index contributed by atoms with van der Waals surface area (Å²) in [5, 5.41) is 28.6. The number of amides is 3. The highest BCUT2D eigenvalue weighted by Gasteiger charge is 2.57. The zero-order valence-electron chi connectivity index (χ0n) is 25.6. The number of benzene rings is 2. The molecule has 9 heteroatoms. The van der Waals surface area contributed by atoms with Crippen LogP contribution in [-0.4, -0.2) is 77.1 Å². The predicted molar refractivity (Wildman–Crippen MR) is 162 cm³/mol. The number of nitrogens with one attached hydrogen (secondary N) is 2. The molecule has 2 bridgehead atoms. The fraction of sp³-hybridized carbons (Fsp3) is 0.576. The highest BCUT2D eigenvalue weighted by Crippen LogP contribution is 2.61. The number of hydrogen-bond acceptors (Lipinski definition) is 6. The van der Waals surface area contributed by atoms with Crippen molar-refractivity contribution in [2.24, 2.45) is 29.1 Å². The lowest BCUT2D eigenvalue weighted by Crippen LogP contribution is -2.62. The first-order valence-electron chi connectivity index (χ1n) is 15.1. The molecule has 0 spiro atoms. The molecule has 42 heavy (non-hydrogen) atoms. The number of carbonyl (C=O) groups excluding carboxylic acids is 2. The first-order valence-corrected chi connectivity index (χ1v) is 15.1. The number of fused-ring (bicyclic) bond motifs is 2. The van der Waals surface area contributed by atoms with Crippen molar-refractivity contribution in [2.75, 3.05) is 26.0 Å². The van der Waals surface area contributed by atoms with Crippen molar-refractivity contribution in [3.05, 3.63) is 54.1 Å². The Labute approximate surface area is 249 Å². The van der Waals surface area contributed by atoms with Gasteiger partial charge in [-0.2, -0.15) is 5.06 Å². The Kier molecular flexibility index (Phi) is 8.67. The Morgan fingerprint density at radius 2 is 1.83 bits per heavy atom. The summed E-state index contributed by atoms with van der Waals surface area (Å²) in [5.41, 5.74) is 3.94. The van der Waals surface area contributed by atoms with Crippen LogP contribution in [0.1, 0.15) is 46.1 Å². The maximum absolute atomic E-state index is 13.9. The number of urea groups is 1. The molecule has 4 aliphatic rings. The largest absolute Gasteiger partial charge is 0.394 e. The van der Waals surface area contributed by atoms with Gasteiger partial charge in [0.15, 0.2) is 0 Å². The molecule has 1 heterocycles. The predicted octanol–water partition coefficient (Wildman–Crippen LogP) is 4.11. The van der Waals surface area contributed by atoms with E-state index in [0.29, 0.717) is 35.4 Å². The van der Waals surface area contributed by atoms with Crippen molar-refractivity contribution >= 4 is 17.6 Å². The minimum Gasteiger partial charge on any atom is -0.394 e. The van der Waals surface area contributed by atoms with Crippen molar-refractivity contribution in [1.29, 1.82) is 0 Å². The van der Waals surface area contributed by atoms with Gasteiger partial charge in [-0.3, -0.25) is 9.63 Å². The van der Waals surface area contributed by atoms with Crippen LogP contribution in [0.25, 0.3) is 11.1 Å². The first-order chi connectivity index (χ1) is 19.9. The van der Waals surface area contributed by atoms with Gasteiger partial charge < -0.3 is 25.7 Å². The molecule has 2 aromatic rings. The Hall–Kier alpha value is -2.98. The lowest BCUT2D eigenvalue weighted by Gasteiger charge is -2.62. The number of aliphatic hydroxyl groups excluding tert-OH is 2. The Bertz CT molecular complexity index is 1280. The zero-order valence-corrected chi connectivity index (χ0v) is 25.6. The number of aliphatic hydroxyl groups is 2. The third-order valence-electron chi connectivity index (χ3n) is 10.2. The molecule has 3 saturated carbocycles. The minimum absolute atomic E-state index is 0.0905. The summed E-state index contributed by atoms with van der Waals surface area (Å²) in [6, 6.07) is 14.8. The number of hydrogen-bond donors (Lipinski definition) is 4. The van der Waals surface area contributed by atoms with Gasteiger partial charge in [-0.1, -0.05) is 51.1 Å². The second-order valence-electron chi connectivity index (χ2n) is 13.3. The third kappa shape index (κ3) is 5.80. The number of hydroxylamine groups is 2. The molecule has 1 saturated heterocycles. The summed E-state index contributed by atoms with van der Waals surface area (Å²) < 4.78 is 0. The summed E-state index contributed by atoms with van der Waals surface area (Å²) in [6.07, 6.45) is 0.681. The third-order valence-corrected chi connectivity index (χ3v) is 10.2. The average Bonchev–Trinajstić information content (AvgIpc) is 3.32. The summed E-state index contributed by atoms with van der Waals surface area (Å²) in [4.78, 5) is 33.5. The average molecular weight is 579 g/mol. The Balaban J connectivity index is 1.32. The van der Waals surface area contributed by atoms with Crippen LogP contribution in [0.15, 0.2) is 48.5 Å². The van der Waals surface area contributed by atoms with E-state index in [1.54, 1.807) is 26.1 Å². The van der Waals surface area contributed by atoms with E-state index in [-0.39, 0.29) is 24.6 Å². The van der Waals surface area contributed by atoms with Gasteiger partial charge in [0.1, 0.15) is 12.1 Å². The van der Waals surface area contributed by atoms with E-state index in [2.05, 4.69) is 31.4 Å². The molecule has 2 aromatic carbocycles. The van der Waals surface area contributed by atoms with Crippen LogP contribution >= 0.6 is 0 Å². The van der Waals surface area contributed by atoms with Gasteiger partial charge in [-0.15, -0.1) is 0 Å². The molecule has 0 radical (unpaired) electrons. The molecular weight excluding hydrogens is 532 g/mol. The Morgan fingerprint density at radius 3 is 2.43 bits per heavy atom. The molecule has 1 aliphatic heterocycles. The molecule has 4 N–H and O–H groups in total. The van der Waals surface area contributed by atoms with Gasteiger partial charge in [0.05, 0.1) is 19.3 Å². The van der Waals surface area contributed by atoms with Crippen molar-refractivity contribution < 1.29 is 24.6 Å². The SMILES string of the molecule is CC1C(NC(=O)C2[C@H]([C@H](C)O)C(CO)ON2Cc2cccc(-c3ccc(NC(=O)N(C)C)cc3)c2)C[C@@H]2C[C@H]1C2(C)C. The highest BCUT2D eigenvalue weighted by atomic mass is 16.7. The van der Waals surface area contributed by atoms with Gasteiger partial charge in [-0.05, 0) is 77.8 Å². The van der Waals surface area contributed by atoms with Gasteiger partial charge in [0, 0.05) is 31.7 Å². The molecule has 3 amide bonds. The first kappa shape index (κ1) is 30.5. The lowest BCUT2D eigenvalue weighted by molar-refractivity contribution is -0.183. The maximum atomic E-state index is 13.9. The molecular formula is C33H46N4O5.